The molecule has 2 aromatic heterocycles. The number of carboxylic acids is 1. The summed E-state index contributed by atoms with van der Waals surface area (Å²) in [6.07, 6.45) is 6.48. The Morgan fingerprint density at radius 3 is 1.94 bits per heavy atom. The molecule has 0 fully saturated rings. The number of aromatic nitrogens is 4. The quantitative estimate of drug-likeness (QED) is 0.187. The number of nitrogens with zero attached hydrogens (tertiary/aromatic N) is 2. The monoisotopic (exact) mass is 476 g/mol. The number of hydrogen-bond acceptors (Lipinski definition) is 7. The zero-order chi connectivity index (χ0) is 25.3. The maximum absolute atomic E-state index is 12.9. The van der Waals surface area contributed by atoms with Crippen LogP contribution in [0.5, 0.6) is 0 Å². The van der Waals surface area contributed by atoms with E-state index in [4.69, 9.17) is 5.73 Å². The van der Waals surface area contributed by atoms with Crippen molar-refractivity contribution in [3.63, 3.8) is 0 Å². The first-order valence-corrected chi connectivity index (χ1v) is 10.9. The predicted molar refractivity (Wildman–Crippen MR) is 121 cm³/mol. The highest BCUT2D eigenvalue weighted by Gasteiger charge is 2.29. The summed E-state index contributed by atoms with van der Waals surface area (Å²) in [5.41, 5.74) is 7.22. The van der Waals surface area contributed by atoms with E-state index >= 15 is 0 Å². The lowest BCUT2D eigenvalue weighted by atomic mass is 10.0. The second-order valence-corrected chi connectivity index (χ2v) is 8.49. The van der Waals surface area contributed by atoms with E-state index in [0.717, 1.165) is 0 Å². The van der Waals surface area contributed by atoms with Crippen molar-refractivity contribution in [2.75, 3.05) is 0 Å². The Morgan fingerprint density at radius 1 is 0.882 bits per heavy atom. The molecule has 0 aliphatic rings. The molecule has 13 nitrogen and oxygen atoms in total. The summed E-state index contributed by atoms with van der Waals surface area (Å²) in [4.78, 5) is 63.0. The third-order valence-electron chi connectivity index (χ3n) is 5.02. The molecular weight excluding hydrogens is 444 g/mol. The fourth-order valence-electron chi connectivity index (χ4n) is 3.20. The zero-order valence-electron chi connectivity index (χ0n) is 19.4. The Morgan fingerprint density at radius 2 is 1.44 bits per heavy atom. The van der Waals surface area contributed by atoms with Crippen LogP contribution in [-0.4, -0.2) is 72.9 Å². The number of carbonyl (C=O) groups excluding carboxylic acids is 3. The smallest absolute Gasteiger partial charge is 0.326 e. The number of nitrogens with one attached hydrogen (secondary N) is 5. The van der Waals surface area contributed by atoms with Gasteiger partial charge in [0, 0.05) is 36.6 Å². The summed E-state index contributed by atoms with van der Waals surface area (Å²) < 4.78 is 0. The number of imidazole rings is 2. The molecule has 0 bridgehead atoms. The van der Waals surface area contributed by atoms with Gasteiger partial charge in [-0.1, -0.05) is 13.8 Å². The second kappa shape index (κ2) is 12.5. The molecule has 0 saturated carbocycles. The molecule has 4 unspecified atom stereocenters. The first-order chi connectivity index (χ1) is 16.1. The van der Waals surface area contributed by atoms with Crippen LogP contribution >= 0.6 is 0 Å². The fraction of sp³-hybridized carbons (Fsp3) is 0.524. The van der Waals surface area contributed by atoms with Crippen molar-refractivity contribution in [3.05, 3.63) is 36.4 Å². The lowest BCUT2D eigenvalue weighted by Crippen LogP contribution is -2.57. The number of carbonyl (C=O) groups is 4. The number of nitrogens with two attached hydrogens (primary N) is 1. The normalized spacial score (nSPS) is 14.6. The van der Waals surface area contributed by atoms with Gasteiger partial charge < -0.3 is 36.8 Å². The molecule has 0 saturated heterocycles. The molecule has 2 heterocycles. The molecule has 8 N–H and O–H groups in total. The van der Waals surface area contributed by atoms with Crippen molar-refractivity contribution >= 4 is 23.7 Å². The average molecular weight is 477 g/mol. The summed E-state index contributed by atoms with van der Waals surface area (Å²) in [6, 6.07) is -4.11. The highest BCUT2D eigenvalue weighted by Crippen LogP contribution is 2.06. The van der Waals surface area contributed by atoms with Gasteiger partial charge in [0.2, 0.25) is 17.7 Å². The summed E-state index contributed by atoms with van der Waals surface area (Å²) >= 11 is 0. The molecule has 0 radical (unpaired) electrons. The Labute approximate surface area is 196 Å². The van der Waals surface area contributed by atoms with Gasteiger partial charge in [0.25, 0.3) is 0 Å². The van der Waals surface area contributed by atoms with E-state index in [-0.39, 0.29) is 25.2 Å². The Hall–Kier alpha value is -3.74. The molecule has 3 amide bonds. The van der Waals surface area contributed by atoms with E-state index < -0.39 is 47.9 Å². The van der Waals surface area contributed by atoms with Gasteiger partial charge in [0.1, 0.15) is 18.1 Å². The lowest BCUT2D eigenvalue weighted by molar-refractivity contribution is -0.142. The minimum absolute atomic E-state index is 0.0475. The number of hydrogen-bond donors (Lipinski definition) is 7. The number of amides is 3. The van der Waals surface area contributed by atoms with Crippen molar-refractivity contribution in [3.8, 4) is 0 Å². The van der Waals surface area contributed by atoms with Crippen molar-refractivity contribution in [1.29, 1.82) is 0 Å². The Bertz CT molecular complexity index is 945. The summed E-state index contributed by atoms with van der Waals surface area (Å²) in [7, 11) is 0. The maximum atomic E-state index is 12.9. The third-order valence-corrected chi connectivity index (χ3v) is 5.02. The van der Waals surface area contributed by atoms with Crippen LogP contribution in [-0.2, 0) is 32.0 Å². The van der Waals surface area contributed by atoms with Gasteiger partial charge in [-0.25, -0.2) is 14.8 Å². The first kappa shape index (κ1) is 26.5. The van der Waals surface area contributed by atoms with Crippen molar-refractivity contribution in [2.45, 2.75) is 64.2 Å². The molecule has 4 atom stereocenters. The van der Waals surface area contributed by atoms with E-state index in [0.29, 0.717) is 11.4 Å². The minimum Gasteiger partial charge on any atom is -0.480 e. The molecule has 2 aromatic rings. The highest BCUT2D eigenvalue weighted by molar-refractivity contribution is 5.94. The van der Waals surface area contributed by atoms with Crippen molar-refractivity contribution < 1.29 is 24.3 Å². The fourth-order valence-corrected chi connectivity index (χ4v) is 3.20. The maximum Gasteiger partial charge on any atom is 0.326 e. The van der Waals surface area contributed by atoms with Crippen LogP contribution in [0.4, 0.5) is 0 Å². The average Bonchev–Trinajstić information content (AvgIpc) is 3.46. The molecule has 0 aliphatic carbocycles. The summed E-state index contributed by atoms with van der Waals surface area (Å²) in [5, 5.41) is 16.9. The van der Waals surface area contributed by atoms with E-state index in [1.54, 1.807) is 6.20 Å². The van der Waals surface area contributed by atoms with Crippen LogP contribution in [0.1, 0.15) is 38.6 Å². The molecule has 0 spiro atoms. The van der Waals surface area contributed by atoms with Gasteiger partial charge in [-0.05, 0) is 19.3 Å². The van der Waals surface area contributed by atoms with Crippen LogP contribution in [0.2, 0.25) is 0 Å². The molecule has 13 heteroatoms. The number of H-pyrrole nitrogens is 2. The SMILES string of the molecule is CC(C)CC(NC(=O)C(C)NC(=O)C(Cc1cnc[nH]1)NC(=O)C(N)Cc1cnc[nH]1)C(=O)O. The number of aliphatic carboxylic acids is 1. The Kier molecular flexibility index (Phi) is 9.74. The van der Waals surface area contributed by atoms with Crippen LogP contribution in [0.15, 0.2) is 25.0 Å². The first-order valence-electron chi connectivity index (χ1n) is 10.9. The number of carboxylic acid groups (broad SMARTS) is 1. The van der Waals surface area contributed by atoms with Crippen LogP contribution in [0.25, 0.3) is 0 Å². The van der Waals surface area contributed by atoms with E-state index in [9.17, 15) is 24.3 Å². The van der Waals surface area contributed by atoms with Crippen LogP contribution in [0, 0.1) is 5.92 Å². The lowest BCUT2D eigenvalue weighted by Gasteiger charge is -2.23. The van der Waals surface area contributed by atoms with E-state index in [1.807, 2.05) is 13.8 Å². The summed E-state index contributed by atoms with van der Waals surface area (Å²) in [5.74, 6) is -2.95. The minimum atomic E-state index is -1.16. The van der Waals surface area contributed by atoms with E-state index in [1.165, 1.54) is 25.8 Å². The van der Waals surface area contributed by atoms with Gasteiger partial charge in [-0.3, -0.25) is 14.4 Å². The van der Waals surface area contributed by atoms with Gasteiger partial charge >= 0.3 is 5.97 Å². The number of rotatable bonds is 13. The summed E-state index contributed by atoms with van der Waals surface area (Å²) in [6.45, 7) is 5.11. The van der Waals surface area contributed by atoms with E-state index in [2.05, 4.69) is 35.9 Å². The number of aromatic amines is 2. The standard InChI is InChI=1S/C21H32N8O5/c1-11(2)4-17(21(33)34)29-18(30)12(3)27-20(32)16(6-14-8-24-10-26-14)28-19(31)15(22)5-13-7-23-9-25-13/h7-12,15-17H,4-6,22H2,1-3H3,(H,23,25)(H,24,26)(H,27,32)(H,28,31)(H,29,30)(H,33,34). The molecule has 34 heavy (non-hydrogen) atoms. The molecular formula is C21H32N8O5. The van der Waals surface area contributed by atoms with Crippen molar-refractivity contribution in [2.24, 2.45) is 11.7 Å². The molecule has 0 aliphatic heterocycles. The predicted octanol–water partition coefficient (Wildman–Crippen LogP) is -1.15. The molecule has 2 rings (SSSR count). The topological polar surface area (TPSA) is 208 Å². The van der Waals surface area contributed by atoms with Gasteiger partial charge in [0.15, 0.2) is 0 Å². The Balaban J connectivity index is 2.03. The molecule has 186 valence electrons. The van der Waals surface area contributed by atoms with Gasteiger partial charge in [-0.15, -0.1) is 0 Å². The zero-order valence-corrected chi connectivity index (χ0v) is 19.4. The highest BCUT2D eigenvalue weighted by atomic mass is 16.4. The van der Waals surface area contributed by atoms with Crippen molar-refractivity contribution in [1.82, 2.24) is 35.9 Å². The van der Waals surface area contributed by atoms with Crippen LogP contribution < -0.4 is 21.7 Å². The largest absolute Gasteiger partial charge is 0.480 e. The van der Waals surface area contributed by atoms with Gasteiger partial charge in [-0.2, -0.15) is 0 Å². The third kappa shape index (κ3) is 8.31. The molecule has 0 aromatic carbocycles. The van der Waals surface area contributed by atoms with Crippen LogP contribution in [0.3, 0.4) is 0 Å². The van der Waals surface area contributed by atoms with Gasteiger partial charge in [0.05, 0.1) is 18.7 Å². The second-order valence-electron chi connectivity index (χ2n) is 8.49.